The largest absolute Gasteiger partial charge is 0.355 e. The molecule has 4 rings (SSSR count). The SMILES string of the molecule is CN1C(=O)c2cc3ccccc3n2C[C@]1(C)C(=O)NCC(=O)NCCCc1ccccc1. The van der Waals surface area contributed by atoms with Crippen LogP contribution in [-0.4, -0.2) is 52.9 Å². The van der Waals surface area contributed by atoms with Crippen LogP contribution in [0.3, 0.4) is 0 Å². The van der Waals surface area contributed by atoms with E-state index in [-0.39, 0.29) is 24.3 Å². The minimum atomic E-state index is -1.10. The van der Waals surface area contributed by atoms with Crippen LogP contribution in [0.4, 0.5) is 0 Å². The number of aromatic nitrogens is 1. The molecule has 1 atom stereocenters. The molecule has 0 radical (unpaired) electrons. The molecule has 2 aromatic carbocycles. The van der Waals surface area contributed by atoms with Crippen molar-refractivity contribution in [3.8, 4) is 0 Å². The molecule has 0 saturated heterocycles. The number of rotatable bonds is 7. The Bertz CT molecular complexity index is 1150. The molecule has 7 nitrogen and oxygen atoms in total. The predicted octanol–water partition coefficient (Wildman–Crippen LogP) is 2.35. The zero-order valence-electron chi connectivity index (χ0n) is 18.4. The molecular weight excluding hydrogens is 404 g/mol. The van der Waals surface area contributed by atoms with Crippen molar-refractivity contribution >= 4 is 28.6 Å². The first-order chi connectivity index (χ1) is 15.4. The molecule has 3 amide bonds. The Morgan fingerprint density at radius 2 is 1.75 bits per heavy atom. The molecule has 0 spiro atoms. The van der Waals surface area contributed by atoms with E-state index in [0.29, 0.717) is 18.8 Å². The molecule has 1 aromatic heterocycles. The van der Waals surface area contributed by atoms with Gasteiger partial charge >= 0.3 is 0 Å². The van der Waals surface area contributed by atoms with E-state index in [4.69, 9.17) is 0 Å². The third-order valence-electron chi connectivity index (χ3n) is 6.25. The van der Waals surface area contributed by atoms with Gasteiger partial charge in [-0.1, -0.05) is 48.5 Å². The highest BCUT2D eigenvalue weighted by Crippen LogP contribution is 2.31. The normalized spacial score (nSPS) is 17.8. The van der Waals surface area contributed by atoms with Crippen molar-refractivity contribution in [1.29, 1.82) is 0 Å². The maximum atomic E-state index is 13.1. The number of hydrogen-bond donors (Lipinski definition) is 2. The lowest BCUT2D eigenvalue weighted by atomic mass is 9.95. The fourth-order valence-corrected chi connectivity index (χ4v) is 4.17. The Hall–Kier alpha value is -3.61. The second-order valence-corrected chi connectivity index (χ2v) is 8.43. The highest BCUT2D eigenvalue weighted by molar-refractivity contribution is 6.03. The summed E-state index contributed by atoms with van der Waals surface area (Å²) in [6, 6.07) is 19.7. The number of amides is 3. The molecule has 0 fully saturated rings. The smallest absolute Gasteiger partial charge is 0.271 e. The fourth-order valence-electron chi connectivity index (χ4n) is 4.17. The number of benzene rings is 2. The number of nitrogens with one attached hydrogen (secondary N) is 2. The van der Waals surface area contributed by atoms with Crippen molar-refractivity contribution in [3.63, 3.8) is 0 Å². The highest BCUT2D eigenvalue weighted by Gasteiger charge is 2.45. The van der Waals surface area contributed by atoms with E-state index >= 15 is 0 Å². The topological polar surface area (TPSA) is 83.4 Å². The van der Waals surface area contributed by atoms with Crippen molar-refractivity contribution < 1.29 is 14.4 Å². The molecule has 0 saturated carbocycles. The molecule has 0 unspecified atom stereocenters. The number of nitrogens with zero attached hydrogens (tertiary/aromatic N) is 2. The summed E-state index contributed by atoms with van der Waals surface area (Å²) < 4.78 is 1.89. The van der Waals surface area contributed by atoms with Crippen LogP contribution in [0.25, 0.3) is 10.9 Å². The van der Waals surface area contributed by atoms with Gasteiger partial charge < -0.3 is 20.1 Å². The Morgan fingerprint density at radius 3 is 2.53 bits per heavy atom. The quantitative estimate of drug-likeness (QED) is 0.562. The molecule has 32 heavy (non-hydrogen) atoms. The summed E-state index contributed by atoms with van der Waals surface area (Å²) in [6.07, 6.45) is 1.70. The van der Waals surface area contributed by atoms with Crippen molar-refractivity contribution in [3.05, 3.63) is 71.9 Å². The minimum Gasteiger partial charge on any atom is -0.355 e. The van der Waals surface area contributed by atoms with Gasteiger partial charge in [0.1, 0.15) is 11.2 Å². The Kier molecular flexibility index (Phi) is 5.99. The van der Waals surface area contributed by atoms with E-state index in [9.17, 15) is 14.4 Å². The lowest BCUT2D eigenvalue weighted by Gasteiger charge is -2.41. The van der Waals surface area contributed by atoms with Crippen LogP contribution < -0.4 is 10.6 Å². The molecule has 2 N–H and O–H groups in total. The van der Waals surface area contributed by atoms with E-state index in [0.717, 1.165) is 23.7 Å². The maximum absolute atomic E-state index is 13.1. The number of carbonyl (C=O) groups is 3. The Labute approximate surface area is 187 Å². The standard InChI is InChI=1S/C25H28N4O3/c1-25(17-29-20-13-7-6-12-19(20)15-21(29)23(31)28(25)2)24(32)27-16-22(30)26-14-8-11-18-9-4-3-5-10-18/h3-7,9-10,12-13,15H,8,11,14,16-17H2,1-2H3,(H,26,30)(H,27,32)/t25-/m1/s1. The van der Waals surface area contributed by atoms with Crippen LogP contribution in [-0.2, 0) is 22.6 Å². The van der Waals surface area contributed by atoms with Gasteiger partial charge in [0.05, 0.1) is 13.1 Å². The zero-order chi connectivity index (χ0) is 22.7. The lowest BCUT2D eigenvalue weighted by molar-refractivity contribution is -0.134. The summed E-state index contributed by atoms with van der Waals surface area (Å²) in [4.78, 5) is 39.7. The van der Waals surface area contributed by atoms with Gasteiger partial charge in [-0.05, 0) is 37.5 Å². The van der Waals surface area contributed by atoms with Gasteiger partial charge in [0, 0.05) is 24.5 Å². The summed E-state index contributed by atoms with van der Waals surface area (Å²) in [6.45, 7) is 2.47. The van der Waals surface area contributed by atoms with Gasteiger partial charge in [0.2, 0.25) is 11.8 Å². The summed E-state index contributed by atoms with van der Waals surface area (Å²) in [5.74, 6) is -0.807. The average molecular weight is 433 g/mol. The third kappa shape index (κ3) is 4.10. The second-order valence-electron chi connectivity index (χ2n) is 8.43. The van der Waals surface area contributed by atoms with E-state index in [1.165, 1.54) is 10.5 Å². The lowest BCUT2D eigenvalue weighted by Crippen LogP contribution is -2.63. The summed E-state index contributed by atoms with van der Waals surface area (Å²) in [7, 11) is 1.63. The number of hydrogen-bond acceptors (Lipinski definition) is 3. The summed E-state index contributed by atoms with van der Waals surface area (Å²) in [5.41, 5.74) is 1.61. The highest BCUT2D eigenvalue weighted by atomic mass is 16.2. The van der Waals surface area contributed by atoms with Gasteiger partial charge in [-0.25, -0.2) is 0 Å². The molecule has 7 heteroatoms. The summed E-state index contributed by atoms with van der Waals surface area (Å²) in [5, 5.41) is 6.52. The van der Waals surface area contributed by atoms with Crippen LogP contribution >= 0.6 is 0 Å². The molecular formula is C25H28N4O3. The molecule has 0 aliphatic carbocycles. The first-order valence-electron chi connectivity index (χ1n) is 10.9. The van der Waals surface area contributed by atoms with Crippen molar-refractivity contribution in [2.24, 2.45) is 0 Å². The van der Waals surface area contributed by atoms with Crippen molar-refractivity contribution in [1.82, 2.24) is 20.1 Å². The fraction of sp³-hybridized carbons (Fsp3) is 0.320. The molecule has 0 bridgehead atoms. The molecule has 1 aliphatic rings. The Morgan fingerprint density at radius 1 is 1.03 bits per heavy atom. The van der Waals surface area contributed by atoms with Gasteiger partial charge in [-0.3, -0.25) is 14.4 Å². The van der Waals surface area contributed by atoms with E-state index in [1.807, 2.05) is 53.1 Å². The monoisotopic (exact) mass is 432 g/mol. The maximum Gasteiger partial charge on any atom is 0.271 e. The third-order valence-corrected chi connectivity index (χ3v) is 6.25. The molecule has 2 heterocycles. The first kappa shape index (κ1) is 21.6. The zero-order valence-corrected chi connectivity index (χ0v) is 18.4. The number of fused-ring (bicyclic) bond motifs is 3. The minimum absolute atomic E-state index is 0.124. The number of likely N-dealkylation sites (N-methyl/N-ethyl adjacent to an activating group) is 1. The van der Waals surface area contributed by atoms with E-state index < -0.39 is 5.54 Å². The number of carbonyl (C=O) groups excluding carboxylic acids is 3. The van der Waals surface area contributed by atoms with Crippen molar-refractivity contribution in [2.45, 2.75) is 31.8 Å². The Balaban J connectivity index is 1.34. The predicted molar refractivity (Wildman–Crippen MR) is 123 cm³/mol. The summed E-state index contributed by atoms with van der Waals surface area (Å²) >= 11 is 0. The molecule has 1 aliphatic heterocycles. The van der Waals surface area contributed by atoms with Gasteiger partial charge in [-0.15, -0.1) is 0 Å². The van der Waals surface area contributed by atoms with E-state index in [2.05, 4.69) is 22.8 Å². The number of para-hydroxylation sites is 1. The van der Waals surface area contributed by atoms with Gasteiger partial charge in [0.15, 0.2) is 0 Å². The van der Waals surface area contributed by atoms with Crippen molar-refractivity contribution in [2.75, 3.05) is 20.1 Å². The van der Waals surface area contributed by atoms with Crippen LogP contribution in [0.5, 0.6) is 0 Å². The molecule has 3 aromatic rings. The van der Waals surface area contributed by atoms with Gasteiger partial charge in [0.25, 0.3) is 5.91 Å². The van der Waals surface area contributed by atoms with Crippen LogP contribution in [0.1, 0.15) is 29.4 Å². The average Bonchev–Trinajstić information content (AvgIpc) is 3.18. The van der Waals surface area contributed by atoms with Gasteiger partial charge in [-0.2, -0.15) is 0 Å². The van der Waals surface area contributed by atoms with Crippen LogP contribution in [0.2, 0.25) is 0 Å². The van der Waals surface area contributed by atoms with E-state index in [1.54, 1.807) is 14.0 Å². The molecule has 166 valence electrons. The van der Waals surface area contributed by atoms with Crippen LogP contribution in [0.15, 0.2) is 60.7 Å². The number of aryl methyl sites for hydroxylation is 1. The first-order valence-corrected chi connectivity index (χ1v) is 10.9. The van der Waals surface area contributed by atoms with Crippen LogP contribution in [0, 0.1) is 0 Å². The second kappa shape index (κ2) is 8.86.